The van der Waals surface area contributed by atoms with Crippen LogP contribution in [0.15, 0.2) is 54.6 Å². The first-order valence-electron chi connectivity index (χ1n) is 13.6. The molecule has 6 rings (SSSR count). The van der Waals surface area contributed by atoms with Crippen LogP contribution in [0.4, 0.5) is 17.1 Å². The lowest BCUT2D eigenvalue weighted by Crippen LogP contribution is -2.35. The van der Waals surface area contributed by atoms with E-state index in [0.29, 0.717) is 23.1 Å². The summed E-state index contributed by atoms with van der Waals surface area (Å²) in [4.78, 5) is 40.9. The number of alkyl halides is 1. The normalized spacial score (nSPS) is 23.8. The Morgan fingerprint density at radius 2 is 1.54 bits per heavy atom. The summed E-state index contributed by atoms with van der Waals surface area (Å²) in [6.45, 7) is 1.98. The van der Waals surface area contributed by atoms with E-state index in [1.807, 2.05) is 31.2 Å². The number of esters is 1. The molecule has 39 heavy (non-hydrogen) atoms. The molecule has 3 aliphatic carbocycles. The average molecular weight is 543 g/mol. The summed E-state index contributed by atoms with van der Waals surface area (Å²) in [6, 6.07) is 15.9. The molecule has 0 radical (unpaired) electrons. The van der Waals surface area contributed by atoms with Crippen molar-refractivity contribution in [2.24, 2.45) is 11.8 Å². The molecule has 0 heterocycles. The molecule has 3 aromatic carbocycles. The number of fused-ring (bicyclic) bond motifs is 3. The van der Waals surface area contributed by atoms with E-state index in [1.165, 1.54) is 0 Å². The van der Waals surface area contributed by atoms with Crippen molar-refractivity contribution in [2.75, 3.05) is 11.1 Å². The van der Waals surface area contributed by atoms with Gasteiger partial charge >= 0.3 is 5.97 Å². The Morgan fingerprint density at radius 1 is 0.897 bits per heavy atom. The lowest BCUT2D eigenvalue weighted by molar-refractivity contribution is -0.000551. The van der Waals surface area contributed by atoms with Crippen LogP contribution in [0, 0.1) is 18.8 Å². The minimum atomic E-state index is -0.573. The number of aryl methyl sites for hydroxylation is 1. The second-order valence-corrected chi connectivity index (χ2v) is 11.7. The van der Waals surface area contributed by atoms with Gasteiger partial charge in [0, 0.05) is 22.2 Å². The largest absolute Gasteiger partial charge is 0.459 e. The van der Waals surface area contributed by atoms with Gasteiger partial charge in [-0.3, -0.25) is 9.59 Å². The topological polar surface area (TPSA) is 98.5 Å². The standard InChI is InChI=1S/C32H31ClN2O4/c1-17-6-11-21(12-7-17)35-26-16-25(32(38)39-22-13-9-18-14-20(33)10-8-19(18)15-22)29(34)28-27(26)30(36)23-4-2-3-5-24(23)31(28)37/h2-7,11-12,16,18-20,22,35H,8-10,13-15,34H2,1H3. The molecule has 3 aliphatic rings. The van der Waals surface area contributed by atoms with Gasteiger partial charge in [0.1, 0.15) is 6.10 Å². The third-order valence-electron chi connectivity index (χ3n) is 8.56. The van der Waals surface area contributed by atoms with E-state index in [0.717, 1.165) is 49.8 Å². The highest BCUT2D eigenvalue weighted by Crippen LogP contribution is 2.44. The fourth-order valence-electron chi connectivity index (χ4n) is 6.49. The van der Waals surface area contributed by atoms with Gasteiger partial charge in [-0.2, -0.15) is 0 Å². The number of rotatable bonds is 4. The molecule has 0 bridgehead atoms. The van der Waals surface area contributed by atoms with E-state index in [4.69, 9.17) is 22.1 Å². The third kappa shape index (κ3) is 4.71. The molecule has 7 heteroatoms. The van der Waals surface area contributed by atoms with Gasteiger partial charge in [-0.1, -0.05) is 42.0 Å². The summed E-state index contributed by atoms with van der Waals surface area (Å²) < 4.78 is 6.00. The van der Waals surface area contributed by atoms with Crippen molar-refractivity contribution < 1.29 is 19.1 Å². The zero-order valence-electron chi connectivity index (χ0n) is 21.8. The molecule has 6 nitrogen and oxygen atoms in total. The van der Waals surface area contributed by atoms with Crippen LogP contribution in [0.1, 0.15) is 86.3 Å². The molecule has 3 N–H and O–H groups in total. The van der Waals surface area contributed by atoms with Crippen molar-refractivity contribution in [1.29, 1.82) is 0 Å². The predicted octanol–water partition coefficient (Wildman–Crippen LogP) is 6.83. The maximum Gasteiger partial charge on any atom is 0.340 e. The molecule has 0 aliphatic heterocycles. The SMILES string of the molecule is Cc1ccc(Nc2cc(C(=O)OC3CCC4CC(Cl)CCC4C3)c(N)c3c2C(=O)c2ccccc2C3=O)cc1. The van der Waals surface area contributed by atoms with Crippen LogP contribution in [0.2, 0.25) is 0 Å². The molecular formula is C32H31ClN2O4. The Labute approximate surface area is 232 Å². The zero-order valence-corrected chi connectivity index (χ0v) is 22.6. The predicted molar refractivity (Wildman–Crippen MR) is 152 cm³/mol. The van der Waals surface area contributed by atoms with Crippen LogP contribution in [-0.4, -0.2) is 29.0 Å². The second kappa shape index (κ2) is 10.2. The first kappa shape index (κ1) is 25.6. The second-order valence-electron chi connectivity index (χ2n) is 11.1. The van der Waals surface area contributed by atoms with Crippen LogP contribution < -0.4 is 11.1 Å². The highest BCUT2D eigenvalue weighted by molar-refractivity contribution is 6.32. The van der Waals surface area contributed by atoms with Crippen LogP contribution in [0.5, 0.6) is 0 Å². The molecular weight excluding hydrogens is 512 g/mol. The van der Waals surface area contributed by atoms with Gasteiger partial charge in [-0.15, -0.1) is 11.6 Å². The number of halogens is 1. The first-order chi connectivity index (χ1) is 18.8. The quantitative estimate of drug-likeness (QED) is 0.167. The Hall–Kier alpha value is -3.64. The highest BCUT2D eigenvalue weighted by Gasteiger charge is 2.38. The van der Waals surface area contributed by atoms with Gasteiger partial charge < -0.3 is 15.8 Å². The molecule has 200 valence electrons. The number of nitrogens with two attached hydrogens (primary N) is 1. The summed E-state index contributed by atoms with van der Waals surface area (Å²) in [7, 11) is 0. The number of hydrogen-bond donors (Lipinski definition) is 2. The van der Waals surface area contributed by atoms with Gasteiger partial charge in [-0.05, 0) is 75.5 Å². The number of ketones is 2. The first-order valence-corrected chi connectivity index (χ1v) is 14.1. The van der Waals surface area contributed by atoms with Crippen LogP contribution in [0.25, 0.3) is 0 Å². The fourth-order valence-corrected chi connectivity index (χ4v) is 6.84. The maximum absolute atomic E-state index is 13.7. The monoisotopic (exact) mass is 542 g/mol. The highest BCUT2D eigenvalue weighted by atomic mass is 35.5. The molecule has 0 saturated heterocycles. The molecule has 2 saturated carbocycles. The Morgan fingerprint density at radius 3 is 2.26 bits per heavy atom. The van der Waals surface area contributed by atoms with Crippen molar-refractivity contribution >= 4 is 46.2 Å². The number of carbonyl (C=O) groups is 3. The number of carbonyl (C=O) groups excluding carboxylic acids is 3. The Balaban J connectivity index is 1.36. The van der Waals surface area contributed by atoms with E-state index >= 15 is 0 Å². The van der Waals surface area contributed by atoms with Crippen LogP contribution >= 0.6 is 11.6 Å². The molecule has 0 spiro atoms. The molecule has 4 unspecified atom stereocenters. The summed E-state index contributed by atoms with van der Waals surface area (Å²) in [5, 5.41) is 3.50. The number of benzene rings is 3. The number of nitrogen functional groups attached to an aromatic ring is 1. The van der Waals surface area contributed by atoms with E-state index in [2.05, 4.69) is 5.32 Å². The fraction of sp³-hybridized carbons (Fsp3) is 0.344. The molecule has 3 aromatic rings. The van der Waals surface area contributed by atoms with Gasteiger partial charge in [0.15, 0.2) is 11.6 Å². The minimum absolute atomic E-state index is 0.0198. The van der Waals surface area contributed by atoms with E-state index in [9.17, 15) is 14.4 Å². The van der Waals surface area contributed by atoms with Crippen molar-refractivity contribution in [3.05, 3.63) is 88.0 Å². The van der Waals surface area contributed by atoms with Gasteiger partial charge in [-0.25, -0.2) is 4.79 Å². The van der Waals surface area contributed by atoms with Gasteiger partial charge in [0.2, 0.25) is 0 Å². The number of anilines is 3. The van der Waals surface area contributed by atoms with Crippen molar-refractivity contribution in [1.82, 2.24) is 0 Å². The maximum atomic E-state index is 13.7. The third-order valence-corrected chi connectivity index (χ3v) is 8.96. The summed E-state index contributed by atoms with van der Waals surface area (Å²) in [5.74, 6) is -0.177. The van der Waals surface area contributed by atoms with E-state index in [-0.39, 0.29) is 51.0 Å². The van der Waals surface area contributed by atoms with Gasteiger partial charge in [0.25, 0.3) is 0 Å². The van der Waals surface area contributed by atoms with E-state index in [1.54, 1.807) is 30.3 Å². The molecule has 0 aromatic heterocycles. The summed E-state index contributed by atoms with van der Waals surface area (Å²) in [6.07, 6.45) is 5.42. The Kier molecular flexibility index (Phi) is 6.67. The molecule has 0 amide bonds. The van der Waals surface area contributed by atoms with Gasteiger partial charge in [0.05, 0.1) is 28.1 Å². The summed E-state index contributed by atoms with van der Waals surface area (Å²) in [5.41, 5.74) is 9.56. The molecule has 4 atom stereocenters. The van der Waals surface area contributed by atoms with E-state index < -0.39 is 5.97 Å². The lowest BCUT2D eigenvalue weighted by atomic mass is 9.70. The van der Waals surface area contributed by atoms with Crippen LogP contribution in [0.3, 0.4) is 0 Å². The number of ether oxygens (including phenoxy) is 1. The zero-order chi connectivity index (χ0) is 27.3. The minimum Gasteiger partial charge on any atom is -0.459 e. The van der Waals surface area contributed by atoms with Crippen molar-refractivity contribution in [3.8, 4) is 0 Å². The summed E-state index contributed by atoms with van der Waals surface area (Å²) >= 11 is 6.39. The lowest BCUT2D eigenvalue weighted by Gasteiger charge is -2.40. The Bertz CT molecular complexity index is 1480. The van der Waals surface area contributed by atoms with Crippen molar-refractivity contribution in [3.63, 3.8) is 0 Å². The van der Waals surface area contributed by atoms with Crippen molar-refractivity contribution in [2.45, 2.75) is 56.9 Å². The molecule has 2 fully saturated rings. The number of hydrogen-bond acceptors (Lipinski definition) is 6. The average Bonchev–Trinajstić information content (AvgIpc) is 2.93. The smallest absolute Gasteiger partial charge is 0.340 e. The van der Waals surface area contributed by atoms with Crippen LogP contribution in [-0.2, 0) is 4.74 Å². The number of nitrogens with one attached hydrogen (secondary N) is 1.